The number of nitrogens with zero attached hydrogens (tertiary/aromatic N) is 1. The Morgan fingerprint density at radius 2 is 2.09 bits per heavy atom. The van der Waals surface area contributed by atoms with Crippen molar-refractivity contribution >= 4 is 27.5 Å². The first kappa shape index (κ1) is 19.0. The molecule has 0 fully saturated rings. The van der Waals surface area contributed by atoms with Gasteiger partial charge in [0.2, 0.25) is 5.91 Å². The average Bonchev–Trinajstić information content (AvgIpc) is 2.44. The van der Waals surface area contributed by atoms with Crippen LogP contribution in [0.1, 0.15) is 32.3 Å². The molecule has 0 aliphatic carbocycles. The number of nitrogens with one attached hydrogen (secondary N) is 1. The van der Waals surface area contributed by atoms with Crippen molar-refractivity contribution in [2.75, 3.05) is 32.9 Å². The molecule has 22 heavy (non-hydrogen) atoms. The number of halogens is 1. The van der Waals surface area contributed by atoms with Crippen LogP contribution in [0.2, 0.25) is 0 Å². The summed E-state index contributed by atoms with van der Waals surface area (Å²) in [5.74, 6) is 0.0484. The van der Waals surface area contributed by atoms with Crippen LogP contribution in [0.4, 0.5) is 5.69 Å². The predicted molar refractivity (Wildman–Crippen MR) is 96.6 cm³/mol. The van der Waals surface area contributed by atoms with Gasteiger partial charge in [-0.15, -0.1) is 0 Å². The number of carbonyl (C=O) groups excluding carboxylic acids is 1. The second kappa shape index (κ2) is 8.53. The van der Waals surface area contributed by atoms with E-state index in [9.17, 15) is 4.79 Å². The maximum atomic E-state index is 10.9. The molecular weight excluding hydrogens is 342 g/mol. The van der Waals surface area contributed by atoms with E-state index >= 15 is 0 Å². The molecule has 1 amide bonds. The molecular formula is C17H29BrN3O+. The minimum absolute atomic E-state index is 0.0484. The standard InChI is InChI=1S/C17H28BrN3O/c1-13(21(3,4)11-5-10-20-14(2)22)6-7-15-8-9-17(19)16(18)12-15/h8-9,12-13H,5-7,10-11,19H2,1-4H3/p+1. The average molecular weight is 371 g/mol. The Morgan fingerprint density at radius 1 is 1.41 bits per heavy atom. The Labute approximate surface area is 142 Å². The van der Waals surface area contributed by atoms with E-state index in [1.807, 2.05) is 6.07 Å². The first-order valence-electron chi connectivity index (χ1n) is 7.83. The van der Waals surface area contributed by atoms with E-state index in [-0.39, 0.29) is 5.91 Å². The molecule has 124 valence electrons. The third-order valence-corrected chi connectivity index (χ3v) is 5.08. The van der Waals surface area contributed by atoms with Crippen molar-refractivity contribution in [3.05, 3.63) is 28.2 Å². The van der Waals surface area contributed by atoms with E-state index in [1.165, 1.54) is 5.56 Å². The fraction of sp³-hybridized carbons (Fsp3) is 0.588. The number of hydrogen-bond acceptors (Lipinski definition) is 2. The topological polar surface area (TPSA) is 55.1 Å². The Kier molecular flexibility index (Phi) is 7.36. The molecule has 3 N–H and O–H groups in total. The van der Waals surface area contributed by atoms with Crippen LogP contribution in [-0.4, -0.2) is 43.6 Å². The number of rotatable bonds is 8. The summed E-state index contributed by atoms with van der Waals surface area (Å²) in [5.41, 5.74) is 7.92. The number of quaternary nitrogens is 1. The molecule has 0 saturated carbocycles. The lowest BCUT2D eigenvalue weighted by atomic mass is 10.0. The lowest BCUT2D eigenvalue weighted by Crippen LogP contribution is -2.48. The van der Waals surface area contributed by atoms with Gasteiger partial charge in [-0.3, -0.25) is 4.79 Å². The Bertz CT molecular complexity index is 503. The number of nitrogen functional groups attached to an aromatic ring is 1. The van der Waals surface area contributed by atoms with Crippen LogP contribution in [0.25, 0.3) is 0 Å². The van der Waals surface area contributed by atoms with E-state index in [0.717, 1.165) is 47.0 Å². The highest BCUT2D eigenvalue weighted by Gasteiger charge is 2.23. The first-order chi connectivity index (χ1) is 10.2. The van der Waals surface area contributed by atoms with E-state index in [1.54, 1.807) is 6.92 Å². The minimum atomic E-state index is 0.0484. The quantitative estimate of drug-likeness (QED) is 0.419. The number of amides is 1. The zero-order chi connectivity index (χ0) is 16.8. The van der Waals surface area contributed by atoms with Crippen molar-refractivity contribution in [2.24, 2.45) is 0 Å². The zero-order valence-electron chi connectivity index (χ0n) is 14.2. The number of anilines is 1. The second-order valence-corrected chi connectivity index (χ2v) is 7.44. The molecule has 5 heteroatoms. The molecule has 1 unspecified atom stereocenters. The van der Waals surface area contributed by atoms with Crippen molar-refractivity contribution in [1.82, 2.24) is 5.32 Å². The second-order valence-electron chi connectivity index (χ2n) is 6.58. The van der Waals surface area contributed by atoms with Crippen LogP contribution >= 0.6 is 15.9 Å². The van der Waals surface area contributed by atoms with Crippen molar-refractivity contribution < 1.29 is 9.28 Å². The van der Waals surface area contributed by atoms with Crippen molar-refractivity contribution in [3.8, 4) is 0 Å². The number of hydrogen-bond donors (Lipinski definition) is 2. The molecule has 0 radical (unpaired) electrons. The summed E-state index contributed by atoms with van der Waals surface area (Å²) in [6, 6.07) is 6.73. The van der Waals surface area contributed by atoms with Gasteiger partial charge in [-0.2, -0.15) is 0 Å². The van der Waals surface area contributed by atoms with E-state index in [0.29, 0.717) is 6.04 Å². The summed E-state index contributed by atoms with van der Waals surface area (Å²) in [6.07, 6.45) is 3.18. The van der Waals surface area contributed by atoms with E-state index in [2.05, 4.69) is 54.4 Å². The zero-order valence-corrected chi connectivity index (χ0v) is 15.7. The predicted octanol–water partition coefficient (Wildman–Crippen LogP) is 2.96. The van der Waals surface area contributed by atoms with Crippen LogP contribution in [0.15, 0.2) is 22.7 Å². The largest absolute Gasteiger partial charge is 0.398 e. The Hall–Kier alpha value is -1.07. The summed E-state index contributed by atoms with van der Waals surface area (Å²) < 4.78 is 1.94. The van der Waals surface area contributed by atoms with Crippen LogP contribution < -0.4 is 11.1 Å². The maximum Gasteiger partial charge on any atom is 0.216 e. The van der Waals surface area contributed by atoms with Gasteiger partial charge in [-0.25, -0.2) is 0 Å². The van der Waals surface area contributed by atoms with Crippen molar-refractivity contribution in [3.63, 3.8) is 0 Å². The van der Waals surface area contributed by atoms with Crippen LogP contribution in [0.3, 0.4) is 0 Å². The number of nitrogens with two attached hydrogens (primary N) is 1. The lowest BCUT2D eigenvalue weighted by molar-refractivity contribution is -0.913. The third kappa shape index (κ3) is 6.36. The molecule has 0 aromatic heterocycles. The molecule has 0 aliphatic heterocycles. The smallest absolute Gasteiger partial charge is 0.216 e. The van der Waals surface area contributed by atoms with Gasteiger partial charge in [0.15, 0.2) is 0 Å². The minimum Gasteiger partial charge on any atom is -0.398 e. The van der Waals surface area contributed by atoms with Crippen molar-refractivity contribution in [1.29, 1.82) is 0 Å². The SMILES string of the molecule is CC(=O)NCCC[N+](C)(C)C(C)CCc1ccc(N)c(Br)c1. The fourth-order valence-corrected chi connectivity index (χ4v) is 2.85. The van der Waals surface area contributed by atoms with Gasteiger partial charge >= 0.3 is 0 Å². The Balaban J connectivity index is 2.43. The van der Waals surface area contributed by atoms with Crippen molar-refractivity contribution in [2.45, 2.75) is 39.2 Å². The highest BCUT2D eigenvalue weighted by molar-refractivity contribution is 9.10. The monoisotopic (exact) mass is 370 g/mol. The van der Waals surface area contributed by atoms with Gasteiger partial charge in [0, 0.05) is 36.5 Å². The van der Waals surface area contributed by atoms with E-state index < -0.39 is 0 Å². The summed E-state index contributed by atoms with van der Waals surface area (Å²) >= 11 is 3.48. The molecule has 4 nitrogen and oxygen atoms in total. The van der Waals surface area contributed by atoms with Crippen LogP contribution in [-0.2, 0) is 11.2 Å². The maximum absolute atomic E-state index is 10.9. The molecule has 0 heterocycles. The van der Waals surface area contributed by atoms with Crippen LogP contribution in [0.5, 0.6) is 0 Å². The molecule has 0 saturated heterocycles. The lowest BCUT2D eigenvalue weighted by Gasteiger charge is -2.36. The number of aryl methyl sites for hydroxylation is 1. The summed E-state index contributed by atoms with van der Waals surface area (Å²) in [5, 5.41) is 2.86. The normalized spacial score (nSPS) is 13.0. The molecule has 0 spiro atoms. The van der Waals surface area contributed by atoms with Crippen LogP contribution in [0, 0.1) is 0 Å². The number of carbonyl (C=O) groups is 1. The summed E-state index contributed by atoms with van der Waals surface area (Å²) in [6.45, 7) is 5.68. The molecule has 1 aromatic rings. The molecule has 1 atom stereocenters. The van der Waals surface area contributed by atoms with E-state index in [4.69, 9.17) is 5.73 Å². The fourth-order valence-electron chi connectivity index (χ4n) is 2.42. The first-order valence-corrected chi connectivity index (χ1v) is 8.62. The van der Waals surface area contributed by atoms with Gasteiger partial charge in [-0.1, -0.05) is 6.07 Å². The highest BCUT2D eigenvalue weighted by atomic mass is 79.9. The van der Waals surface area contributed by atoms with Gasteiger partial charge in [-0.05, 0) is 47.0 Å². The third-order valence-electron chi connectivity index (χ3n) is 4.39. The van der Waals surface area contributed by atoms with Gasteiger partial charge in [0.1, 0.15) is 0 Å². The summed E-state index contributed by atoms with van der Waals surface area (Å²) in [4.78, 5) is 10.9. The number of benzene rings is 1. The molecule has 0 bridgehead atoms. The molecule has 1 rings (SSSR count). The summed E-state index contributed by atoms with van der Waals surface area (Å²) in [7, 11) is 4.52. The van der Waals surface area contributed by atoms with Gasteiger partial charge in [0.25, 0.3) is 0 Å². The van der Waals surface area contributed by atoms with Gasteiger partial charge in [0.05, 0.1) is 26.7 Å². The highest BCUT2D eigenvalue weighted by Crippen LogP contribution is 2.22. The Morgan fingerprint density at radius 3 is 2.68 bits per heavy atom. The molecule has 1 aromatic carbocycles. The molecule has 0 aliphatic rings. The van der Waals surface area contributed by atoms with Gasteiger partial charge < -0.3 is 15.5 Å².